The van der Waals surface area contributed by atoms with Gasteiger partial charge >= 0.3 is 0 Å². The highest BCUT2D eigenvalue weighted by Gasteiger charge is 2.30. The van der Waals surface area contributed by atoms with E-state index in [1.165, 1.54) is 4.31 Å². The Hall–Kier alpha value is -2.38. The topological polar surface area (TPSA) is 66.9 Å². The van der Waals surface area contributed by atoms with Gasteiger partial charge in [0.1, 0.15) is 5.75 Å². The lowest BCUT2D eigenvalue weighted by atomic mass is 9.85. The van der Waals surface area contributed by atoms with E-state index in [2.05, 4.69) is 26.8 Å². The number of hydrogen-bond donors (Lipinski definition) is 0. The summed E-state index contributed by atoms with van der Waals surface area (Å²) in [6.45, 7) is 9.59. The zero-order chi connectivity index (χ0) is 21.9. The Morgan fingerprint density at radius 3 is 2.23 bits per heavy atom. The first kappa shape index (κ1) is 22.3. The van der Waals surface area contributed by atoms with Crippen molar-refractivity contribution in [3.8, 4) is 5.75 Å². The molecule has 0 aliphatic carbocycles. The van der Waals surface area contributed by atoms with Crippen molar-refractivity contribution in [2.24, 2.45) is 0 Å². The lowest BCUT2D eigenvalue weighted by Gasteiger charge is -2.34. The van der Waals surface area contributed by atoms with Crippen molar-refractivity contribution in [3.63, 3.8) is 0 Å². The molecule has 0 spiro atoms. The molecule has 0 radical (unpaired) electrons. The fourth-order valence-electron chi connectivity index (χ4n) is 3.51. The third-order valence-electron chi connectivity index (χ3n) is 5.27. The monoisotopic (exact) mass is 430 g/mol. The van der Waals surface area contributed by atoms with Gasteiger partial charge in [0.05, 0.1) is 4.90 Å². The SMILES string of the molecule is Cc1ccc(OCC(=O)N2CCN(S(=O)(=O)c3ccccc3)CC2)c(C(C)(C)C)c1. The third-order valence-corrected chi connectivity index (χ3v) is 7.18. The first-order chi connectivity index (χ1) is 14.1. The van der Waals surface area contributed by atoms with Crippen LogP contribution in [0.1, 0.15) is 31.9 Å². The molecule has 1 saturated heterocycles. The van der Waals surface area contributed by atoms with Crippen molar-refractivity contribution < 1.29 is 17.9 Å². The number of rotatable bonds is 5. The van der Waals surface area contributed by atoms with Crippen molar-refractivity contribution in [2.45, 2.75) is 38.0 Å². The Labute approximate surface area is 179 Å². The van der Waals surface area contributed by atoms with Crippen LogP contribution in [0.15, 0.2) is 53.4 Å². The summed E-state index contributed by atoms with van der Waals surface area (Å²) in [6, 6.07) is 14.4. The molecule has 1 aliphatic heterocycles. The second kappa shape index (κ2) is 8.78. The van der Waals surface area contributed by atoms with E-state index in [0.29, 0.717) is 18.8 Å². The summed E-state index contributed by atoms with van der Waals surface area (Å²) in [6.07, 6.45) is 0. The molecule has 1 fully saturated rings. The van der Waals surface area contributed by atoms with Crippen molar-refractivity contribution in [3.05, 3.63) is 59.7 Å². The largest absolute Gasteiger partial charge is 0.483 e. The summed E-state index contributed by atoms with van der Waals surface area (Å²) in [4.78, 5) is 14.6. The molecule has 6 nitrogen and oxygen atoms in total. The van der Waals surface area contributed by atoms with Crippen LogP contribution in [0.5, 0.6) is 5.75 Å². The van der Waals surface area contributed by atoms with E-state index in [9.17, 15) is 13.2 Å². The van der Waals surface area contributed by atoms with Gasteiger partial charge in [0.15, 0.2) is 6.61 Å². The summed E-state index contributed by atoms with van der Waals surface area (Å²) in [5.41, 5.74) is 2.12. The highest BCUT2D eigenvalue weighted by molar-refractivity contribution is 7.89. The van der Waals surface area contributed by atoms with Gasteiger partial charge in [-0.3, -0.25) is 4.79 Å². The minimum absolute atomic E-state index is 0.0580. The smallest absolute Gasteiger partial charge is 0.260 e. The molecule has 2 aromatic carbocycles. The summed E-state index contributed by atoms with van der Waals surface area (Å²) in [5, 5.41) is 0. The summed E-state index contributed by atoms with van der Waals surface area (Å²) >= 11 is 0. The molecular weight excluding hydrogens is 400 g/mol. The van der Waals surface area contributed by atoms with E-state index in [1.807, 2.05) is 19.1 Å². The number of hydrogen-bond acceptors (Lipinski definition) is 4. The zero-order valence-electron chi connectivity index (χ0n) is 18.1. The lowest BCUT2D eigenvalue weighted by Crippen LogP contribution is -2.51. The number of nitrogens with zero attached hydrogens (tertiary/aromatic N) is 2. The van der Waals surface area contributed by atoms with Crippen LogP contribution in [-0.4, -0.2) is 56.3 Å². The average molecular weight is 431 g/mol. The van der Waals surface area contributed by atoms with Gasteiger partial charge in [-0.25, -0.2) is 8.42 Å². The molecule has 0 N–H and O–H groups in total. The van der Waals surface area contributed by atoms with Crippen molar-refractivity contribution in [1.82, 2.24) is 9.21 Å². The lowest BCUT2D eigenvalue weighted by molar-refractivity contribution is -0.134. The van der Waals surface area contributed by atoms with Gasteiger partial charge in [0, 0.05) is 26.2 Å². The Morgan fingerprint density at radius 2 is 1.63 bits per heavy atom. The number of carbonyl (C=O) groups is 1. The molecule has 1 aliphatic rings. The predicted octanol–water partition coefficient (Wildman–Crippen LogP) is 3.20. The third kappa shape index (κ3) is 5.02. The highest BCUT2D eigenvalue weighted by Crippen LogP contribution is 2.32. The Bertz CT molecular complexity index is 990. The van der Waals surface area contributed by atoms with Crippen LogP contribution in [0, 0.1) is 6.92 Å². The molecule has 3 rings (SSSR count). The molecule has 162 valence electrons. The molecule has 0 unspecified atom stereocenters. The van der Waals surface area contributed by atoms with Crippen LogP contribution in [0.2, 0.25) is 0 Å². The summed E-state index contributed by atoms with van der Waals surface area (Å²) in [5.74, 6) is 0.582. The number of ether oxygens (including phenoxy) is 1. The van der Waals surface area contributed by atoms with Crippen molar-refractivity contribution in [1.29, 1.82) is 0 Å². The second-order valence-electron chi connectivity index (χ2n) is 8.64. The minimum atomic E-state index is -3.53. The van der Waals surface area contributed by atoms with Crippen LogP contribution in [0.25, 0.3) is 0 Å². The van der Waals surface area contributed by atoms with Crippen LogP contribution in [0.4, 0.5) is 0 Å². The fourth-order valence-corrected chi connectivity index (χ4v) is 4.95. The van der Waals surface area contributed by atoms with Crippen LogP contribution in [-0.2, 0) is 20.2 Å². The minimum Gasteiger partial charge on any atom is -0.483 e. The number of carbonyl (C=O) groups excluding carboxylic acids is 1. The maximum atomic E-state index is 12.7. The molecule has 2 aromatic rings. The highest BCUT2D eigenvalue weighted by atomic mass is 32.2. The molecule has 0 aromatic heterocycles. The normalized spacial score (nSPS) is 15.8. The average Bonchev–Trinajstić information content (AvgIpc) is 2.72. The van der Waals surface area contributed by atoms with E-state index in [0.717, 1.165) is 11.1 Å². The molecule has 0 atom stereocenters. The molecule has 7 heteroatoms. The van der Waals surface area contributed by atoms with Gasteiger partial charge in [-0.2, -0.15) is 4.31 Å². The molecule has 0 saturated carbocycles. The number of benzene rings is 2. The van der Waals surface area contributed by atoms with Gasteiger partial charge in [-0.1, -0.05) is 56.7 Å². The maximum Gasteiger partial charge on any atom is 0.260 e. The molecular formula is C23H30N2O4S. The van der Waals surface area contributed by atoms with E-state index >= 15 is 0 Å². The molecule has 1 heterocycles. The predicted molar refractivity (Wildman–Crippen MR) is 117 cm³/mol. The quantitative estimate of drug-likeness (QED) is 0.731. The van der Waals surface area contributed by atoms with Gasteiger partial charge in [0.25, 0.3) is 5.91 Å². The van der Waals surface area contributed by atoms with E-state index in [-0.39, 0.29) is 35.9 Å². The number of piperazine rings is 1. The molecule has 1 amide bonds. The van der Waals surface area contributed by atoms with E-state index in [1.54, 1.807) is 35.2 Å². The van der Waals surface area contributed by atoms with Gasteiger partial charge in [-0.15, -0.1) is 0 Å². The molecule has 0 bridgehead atoms. The fraction of sp³-hybridized carbons (Fsp3) is 0.435. The Morgan fingerprint density at radius 1 is 1.00 bits per heavy atom. The maximum absolute atomic E-state index is 12.7. The first-order valence-corrected chi connectivity index (χ1v) is 11.6. The van der Waals surface area contributed by atoms with Crippen LogP contribution in [0.3, 0.4) is 0 Å². The zero-order valence-corrected chi connectivity index (χ0v) is 18.9. The summed E-state index contributed by atoms with van der Waals surface area (Å²) < 4.78 is 32.8. The van der Waals surface area contributed by atoms with Crippen LogP contribution < -0.4 is 4.74 Å². The Balaban J connectivity index is 1.59. The van der Waals surface area contributed by atoms with Crippen molar-refractivity contribution in [2.75, 3.05) is 32.8 Å². The summed E-state index contributed by atoms with van der Waals surface area (Å²) in [7, 11) is -3.53. The van der Waals surface area contributed by atoms with Gasteiger partial charge in [0.2, 0.25) is 10.0 Å². The van der Waals surface area contributed by atoms with Crippen LogP contribution >= 0.6 is 0 Å². The van der Waals surface area contributed by atoms with E-state index < -0.39 is 10.0 Å². The van der Waals surface area contributed by atoms with Crippen molar-refractivity contribution >= 4 is 15.9 Å². The molecule has 30 heavy (non-hydrogen) atoms. The number of amides is 1. The van der Waals surface area contributed by atoms with Gasteiger partial charge < -0.3 is 9.64 Å². The van der Waals surface area contributed by atoms with Gasteiger partial charge in [-0.05, 0) is 36.1 Å². The number of aryl methyl sites for hydroxylation is 1. The van der Waals surface area contributed by atoms with E-state index in [4.69, 9.17) is 4.74 Å². The first-order valence-electron chi connectivity index (χ1n) is 10.2. The number of sulfonamides is 1. The standard InChI is InChI=1S/C23H30N2O4S/c1-18-10-11-21(20(16-18)23(2,3)4)29-17-22(26)24-12-14-25(15-13-24)30(27,28)19-8-6-5-7-9-19/h5-11,16H,12-15,17H2,1-4H3. The Kier molecular flexibility index (Phi) is 6.53. The second-order valence-corrected chi connectivity index (χ2v) is 10.6.